The fourth-order valence-corrected chi connectivity index (χ4v) is 3.04. The maximum Gasteiger partial charge on any atom is 0.273 e. The van der Waals surface area contributed by atoms with Gasteiger partial charge in [0, 0.05) is 23.9 Å². The van der Waals surface area contributed by atoms with Crippen molar-refractivity contribution in [1.29, 1.82) is 0 Å². The molecule has 19 heavy (non-hydrogen) atoms. The lowest BCUT2D eigenvalue weighted by Crippen LogP contribution is -2.42. The molecule has 2 rings (SSSR count). The van der Waals surface area contributed by atoms with Crippen molar-refractivity contribution < 1.29 is 8.78 Å². The fraction of sp³-hybridized carbons (Fsp3) is 0.625. The standard InChI is InChI=1S/C16H23F2N/c1-3-8-16(17,18)14-7-4-6-13(11-14)15(12-19-2)9-5-10-15/h4,6-7,11,19H,3,5,8-10,12H2,1-2H3. The largest absolute Gasteiger partial charge is 0.319 e. The molecule has 1 aliphatic carbocycles. The Balaban J connectivity index is 2.28. The normalized spacial score (nSPS) is 18.1. The first-order valence-corrected chi connectivity index (χ1v) is 7.17. The SMILES string of the molecule is CCCC(F)(F)c1cccc(C2(CNC)CCC2)c1. The second-order valence-electron chi connectivity index (χ2n) is 5.70. The van der Waals surface area contributed by atoms with Gasteiger partial charge < -0.3 is 5.32 Å². The summed E-state index contributed by atoms with van der Waals surface area (Å²) in [5, 5.41) is 3.20. The zero-order valence-electron chi connectivity index (χ0n) is 11.8. The van der Waals surface area contributed by atoms with Gasteiger partial charge >= 0.3 is 0 Å². The number of alkyl halides is 2. The van der Waals surface area contributed by atoms with Gasteiger partial charge in [0.2, 0.25) is 0 Å². The third-order valence-electron chi connectivity index (χ3n) is 4.29. The Morgan fingerprint density at radius 3 is 2.58 bits per heavy atom. The molecule has 1 aromatic rings. The van der Waals surface area contributed by atoms with Crippen LogP contribution in [0.15, 0.2) is 24.3 Å². The molecular formula is C16H23F2N. The minimum absolute atomic E-state index is 0.0739. The zero-order valence-corrected chi connectivity index (χ0v) is 11.8. The van der Waals surface area contributed by atoms with Crippen molar-refractivity contribution in [3.63, 3.8) is 0 Å². The van der Waals surface area contributed by atoms with Gasteiger partial charge in [0.25, 0.3) is 5.92 Å². The third kappa shape index (κ3) is 2.81. The van der Waals surface area contributed by atoms with Crippen LogP contribution in [0.25, 0.3) is 0 Å². The molecule has 0 aromatic heterocycles. The van der Waals surface area contributed by atoms with Crippen molar-refractivity contribution in [2.45, 2.75) is 50.4 Å². The van der Waals surface area contributed by atoms with E-state index < -0.39 is 5.92 Å². The number of hydrogen-bond donors (Lipinski definition) is 1. The topological polar surface area (TPSA) is 12.0 Å². The van der Waals surface area contributed by atoms with Crippen molar-refractivity contribution in [2.24, 2.45) is 0 Å². The maximum atomic E-state index is 14.0. The molecule has 1 aromatic carbocycles. The predicted octanol–water partition coefficient (Wildman–Crippen LogP) is 4.22. The van der Waals surface area contributed by atoms with Crippen LogP contribution in [-0.4, -0.2) is 13.6 Å². The molecule has 1 fully saturated rings. The number of nitrogens with one attached hydrogen (secondary N) is 1. The highest BCUT2D eigenvalue weighted by molar-refractivity contribution is 5.34. The molecule has 1 N–H and O–H groups in total. The number of likely N-dealkylation sites (N-methyl/N-ethyl adjacent to an activating group) is 1. The van der Waals surface area contributed by atoms with E-state index in [0.717, 1.165) is 24.9 Å². The molecule has 1 nitrogen and oxygen atoms in total. The summed E-state index contributed by atoms with van der Waals surface area (Å²) >= 11 is 0. The van der Waals surface area contributed by atoms with Crippen LogP contribution in [0.1, 0.15) is 50.2 Å². The molecule has 0 atom stereocenters. The summed E-state index contributed by atoms with van der Waals surface area (Å²) in [7, 11) is 1.93. The lowest BCUT2D eigenvalue weighted by molar-refractivity contribution is -0.0142. The second kappa shape index (κ2) is 5.58. The van der Waals surface area contributed by atoms with Crippen molar-refractivity contribution in [3.8, 4) is 0 Å². The number of benzene rings is 1. The highest BCUT2D eigenvalue weighted by Crippen LogP contribution is 2.44. The Morgan fingerprint density at radius 1 is 1.32 bits per heavy atom. The van der Waals surface area contributed by atoms with Gasteiger partial charge in [0.15, 0.2) is 0 Å². The Morgan fingerprint density at radius 2 is 2.05 bits per heavy atom. The van der Waals surface area contributed by atoms with Crippen LogP contribution in [0.3, 0.4) is 0 Å². The quantitative estimate of drug-likeness (QED) is 0.813. The van der Waals surface area contributed by atoms with E-state index in [1.807, 2.05) is 13.1 Å². The van der Waals surface area contributed by atoms with E-state index in [9.17, 15) is 8.78 Å². The molecule has 0 unspecified atom stereocenters. The average Bonchev–Trinajstić information content (AvgIpc) is 2.34. The Kier molecular flexibility index (Phi) is 4.24. The number of rotatable bonds is 6. The third-order valence-corrected chi connectivity index (χ3v) is 4.29. The smallest absolute Gasteiger partial charge is 0.273 e. The molecular weight excluding hydrogens is 244 g/mol. The average molecular weight is 267 g/mol. The molecule has 0 spiro atoms. The van der Waals surface area contributed by atoms with Gasteiger partial charge in [-0.1, -0.05) is 38.0 Å². The molecule has 106 valence electrons. The minimum Gasteiger partial charge on any atom is -0.319 e. The van der Waals surface area contributed by atoms with Crippen LogP contribution in [0.4, 0.5) is 8.78 Å². The molecule has 0 amide bonds. The van der Waals surface area contributed by atoms with Gasteiger partial charge in [0.05, 0.1) is 0 Å². The van der Waals surface area contributed by atoms with E-state index in [0.29, 0.717) is 6.42 Å². The van der Waals surface area contributed by atoms with E-state index in [-0.39, 0.29) is 17.4 Å². The second-order valence-corrected chi connectivity index (χ2v) is 5.70. The van der Waals surface area contributed by atoms with E-state index in [1.165, 1.54) is 6.42 Å². The number of halogens is 2. The Labute approximate surface area is 114 Å². The minimum atomic E-state index is -2.70. The van der Waals surface area contributed by atoms with E-state index in [4.69, 9.17) is 0 Å². The first kappa shape index (κ1) is 14.4. The van der Waals surface area contributed by atoms with Gasteiger partial charge in [-0.25, -0.2) is 8.78 Å². The molecule has 0 heterocycles. The summed E-state index contributed by atoms with van der Waals surface area (Å²) < 4.78 is 28.0. The zero-order chi connectivity index (χ0) is 13.9. The summed E-state index contributed by atoms with van der Waals surface area (Å²) in [5.74, 6) is -2.70. The highest BCUT2D eigenvalue weighted by atomic mass is 19.3. The van der Waals surface area contributed by atoms with Gasteiger partial charge in [-0.05, 0) is 31.5 Å². The van der Waals surface area contributed by atoms with Gasteiger partial charge in [-0.3, -0.25) is 0 Å². The van der Waals surface area contributed by atoms with Crippen LogP contribution in [-0.2, 0) is 11.3 Å². The monoisotopic (exact) mass is 267 g/mol. The van der Waals surface area contributed by atoms with E-state index in [2.05, 4.69) is 5.32 Å². The van der Waals surface area contributed by atoms with Crippen molar-refractivity contribution in [1.82, 2.24) is 5.32 Å². The van der Waals surface area contributed by atoms with Crippen molar-refractivity contribution in [2.75, 3.05) is 13.6 Å². The predicted molar refractivity (Wildman–Crippen MR) is 74.7 cm³/mol. The first-order chi connectivity index (χ1) is 9.04. The lowest BCUT2D eigenvalue weighted by atomic mass is 9.64. The molecule has 1 aliphatic rings. The van der Waals surface area contributed by atoms with Gasteiger partial charge in [0.1, 0.15) is 0 Å². The van der Waals surface area contributed by atoms with E-state index in [1.54, 1.807) is 25.1 Å². The van der Waals surface area contributed by atoms with Gasteiger partial charge in [-0.2, -0.15) is 0 Å². The van der Waals surface area contributed by atoms with Crippen LogP contribution >= 0.6 is 0 Å². The summed E-state index contributed by atoms with van der Waals surface area (Å²) in [5.41, 5.74) is 1.32. The van der Waals surface area contributed by atoms with Crippen molar-refractivity contribution in [3.05, 3.63) is 35.4 Å². The molecule has 0 aliphatic heterocycles. The Hall–Kier alpha value is -0.960. The molecule has 0 bridgehead atoms. The highest BCUT2D eigenvalue weighted by Gasteiger charge is 2.39. The molecule has 1 saturated carbocycles. The molecule has 0 radical (unpaired) electrons. The molecule has 0 saturated heterocycles. The number of hydrogen-bond acceptors (Lipinski definition) is 1. The van der Waals surface area contributed by atoms with Crippen LogP contribution in [0.5, 0.6) is 0 Å². The summed E-state index contributed by atoms with van der Waals surface area (Å²) in [6.07, 6.45) is 3.80. The summed E-state index contributed by atoms with van der Waals surface area (Å²) in [6.45, 7) is 2.67. The first-order valence-electron chi connectivity index (χ1n) is 7.17. The summed E-state index contributed by atoms with van der Waals surface area (Å²) in [6, 6.07) is 7.07. The fourth-order valence-electron chi connectivity index (χ4n) is 3.04. The van der Waals surface area contributed by atoms with Crippen molar-refractivity contribution >= 4 is 0 Å². The van der Waals surface area contributed by atoms with E-state index >= 15 is 0 Å². The maximum absolute atomic E-state index is 14.0. The van der Waals surface area contributed by atoms with Gasteiger partial charge in [-0.15, -0.1) is 0 Å². The summed E-state index contributed by atoms with van der Waals surface area (Å²) in [4.78, 5) is 0. The molecule has 3 heteroatoms. The van der Waals surface area contributed by atoms with Crippen LogP contribution < -0.4 is 5.32 Å². The Bertz CT molecular complexity index is 425. The van der Waals surface area contributed by atoms with Crippen LogP contribution in [0, 0.1) is 0 Å². The lowest BCUT2D eigenvalue weighted by Gasteiger charge is -2.43. The van der Waals surface area contributed by atoms with Crippen LogP contribution in [0.2, 0.25) is 0 Å².